The highest BCUT2D eigenvalue weighted by atomic mass is 32.2. The second-order valence-corrected chi connectivity index (χ2v) is 7.36. The van der Waals surface area contributed by atoms with Crippen LogP contribution < -0.4 is 10.1 Å². The minimum atomic E-state index is -0.269. The van der Waals surface area contributed by atoms with Crippen LogP contribution in [0.25, 0.3) is 0 Å². The Morgan fingerprint density at radius 3 is 2.69 bits per heavy atom. The van der Waals surface area contributed by atoms with Gasteiger partial charge in [-0.1, -0.05) is 41.3 Å². The second-order valence-electron chi connectivity index (χ2n) is 5.16. The third-order valence-corrected chi connectivity index (χ3v) is 5.38. The van der Waals surface area contributed by atoms with Gasteiger partial charge in [-0.2, -0.15) is 0 Å². The smallest absolute Gasteiger partial charge is 0.257 e. The molecule has 0 aliphatic rings. The normalized spacial score (nSPS) is 10.5. The highest BCUT2D eigenvalue weighted by Gasteiger charge is 2.11. The van der Waals surface area contributed by atoms with E-state index >= 15 is 0 Å². The lowest BCUT2D eigenvalue weighted by atomic mass is 10.2. The van der Waals surface area contributed by atoms with Gasteiger partial charge in [0.2, 0.25) is 5.13 Å². The Hall–Kier alpha value is -2.45. The molecule has 0 radical (unpaired) electrons. The molecule has 3 rings (SSSR count). The van der Waals surface area contributed by atoms with E-state index in [1.54, 1.807) is 42.5 Å². The summed E-state index contributed by atoms with van der Waals surface area (Å²) in [6.07, 6.45) is 0. The summed E-state index contributed by atoms with van der Waals surface area (Å²) in [5, 5.41) is 11.1. The van der Waals surface area contributed by atoms with E-state index in [0.29, 0.717) is 38.7 Å². The molecule has 0 fully saturated rings. The summed E-state index contributed by atoms with van der Waals surface area (Å²) in [6.45, 7) is 2.47. The number of nitrogens with zero attached hydrogens (tertiary/aromatic N) is 2. The maximum Gasteiger partial charge on any atom is 0.257 e. The maximum absolute atomic E-state index is 13.6. The SMILES string of the molecule is CCOc1ccc(C(=O)Nc2nnc(SCc3ccccc3F)s2)cc1. The van der Waals surface area contributed by atoms with E-state index in [0.717, 1.165) is 0 Å². The number of thioether (sulfide) groups is 1. The lowest BCUT2D eigenvalue weighted by Crippen LogP contribution is -2.11. The number of rotatable bonds is 7. The van der Waals surface area contributed by atoms with E-state index in [1.165, 1.54) is 29.2 Å². The second kappa shape index (κ2) is 8.77. The van der Waals surface area contributed by atoms with Gasteiger partial charge in [0.05, 0.1) is 6.61 Å². The zero-order valence-corrected chi connectivity index (χ0v) is 15.6. The molecular formula is C18H16FN3O2S2. The molecule has 26 heavy (non-hydrogen) atoms. The number of nitrogens with one attached hydrogen (secondary N) is 1. The number of anilines is 1. The van der Waals surface area contributed by atoms with Crippen LogP contribution in [0.2, 0.25) is 0 Å². The fraction of sp³-hybridized carbons (Fsp3) is 0.167. The number of benzene rings is 2. The van der Waals surface area contributed by atoms with Gasteiger partial charge >= 0.3 is 0 Å². The van der Waals surface area contributed by atoms with Crippen molar-refractivity contribution in [2.45, 2.75) is 17.0 Å². The summed E-state index contributed by atoms with van der Waals surface area (Å²) in [4.78, 5) is 12.2. The summed E-state index contributed by atoms with van der Waals surface area (Å²) >= 11 is 2.63. The summed E-state index contributed by atoms with van der Waals surface area (Å²) in [5.41, 5.74) is 1.11. The molecule has 0 aliphatic heterocycles. The Kier molecular flexibility index (Phi) is 6.19. The van der Waals surface area contributed by atoms with Crippen LogP contribution in [0.3, 0.4) is 0 Å². The first-order valence-electron chi connectivity index (χ1n) is 7.89. The van der Waals surface area contributed by atoms with Crippen molar-refractivity contribution < 1.29 is 13.9 Å². The summed E-state index contributed by atoms with van der Waals surface area (Å²) in [6, 6.07) is 13.5. The minimum Gasteiger partial charge on any atom is -0.494 e. The van der Waals surface area contributed by atoms with Gasteiger partial charge in [0.1, 0.15) is 11.6 Å². The Balaban J connectivity index is 1.57. The molecule has 2 aromatic carbocycles. The summed E-state index contributed by atoms with van der Waals surface area (Å²) in [7, 11) is 0. The summed E-state index contributed by atoms with van der Waals surface area (Å²) in [5.74, 6) is 0.656. The van der Waals surface area contributed by atoms with Gasteiger partial charge in [0.25, 0.3) is 5.91 Å². The van der Waals surface area contributed by atoms with E-state index in [-0.39, 0.29) is 11.7 Å². The highest BCUT2D eigenvalue weighted by molar-refractivity contribution is 8.00. The van der Waals surface area contributed by atoms with Crippen molar-refractivity contribution in [3.05, 3.63) is 65.5 Å². The molecular weight excluding hydrogens is 373 g/mol. The number of halogens is 1. The number of carbonyl (C=O) groups excluding carboxylic acids is 1. The number of carbonyl (C=O) groups is 1. The first-order chi connectivity index (χ1) is 12.7. The molecule has 0 bridgehead atoms. The van der Waals surface area contributed by atoms with Crippen LogP contribution >= 0.6 is 23.1 Å². The molecule has 5 nitrogen and oxygen atoms in total. The van der Waals surface area contributed by atoms with E-state index in [1.807, 2.05) is 6.92 Å². The van der Waals surface area contributed by atoms with Gasteiger partial charge in [0.15, 0.2) is 4.34 Å². The lowest BCUT2D eigenvalue weighted by molar-refractivity contribution is 0.102. The zero-order chi connectivity index (χ0) is 18.4. The van der Waals surface area contributed by atoms with Gasteiger partial charge in [-0.05, 0) is 42.8 Å². The third kappa shape index (κ3) is 4.80. The summed E-state index contributed by atoms with van der Waals surface area (Å²) < 4.78 is 19.6. The molecule has 3 aromatic rings. The topological polar surface area (TPSA) is 64.1 Å². The van der Waals surface area contributed by atoms with Crippen LogP contribution in [0.4, 0.5) is 9.52 Å². The number of hydrogen-bond donors (Lipinski definition) is 1. The van der Waals surface area contributed by atoms with Crippen LogP contribution in [0.15, 0.2) is 52.9 Å². The number of hydrogen-bond acceptors (Lipinski definition) is 6. The van der Waals surface area contributed by atoms with Crippen molar-refractivity contribution in [1.82, 2.24) is 10.2 Å². The average Bonchev–Trinajstić information content (AvgIpc) is 3.09. The fourth-order valence-corrected chi connectivity index (χ4v) is 3.85. The van der Waals surface area contributed by atoms with Crippen LogP contribution in [-0.4, -0.2) is 22.7 Å². The molecule has 0 spiro atoms. The number of aromatic nitrogens is 2. The zero-order valence-electron chi connectivity index (χ0n) is 13.9. The van der Waals surface area contributed by atoms with Crippen LogP contribution in [-0.2, 0) is 5.75 Å². The van der Waals surface area contributed by atoms with Crippen LogP contribution in [0.1, 0.15) is 22.8 Å². The maximum atomic E-state index is 13.6. The monoisotopic (exact) mass is 389 g/mol. The van der Waals surface area contributed by atoms with Crippen molar-refractivity contribution in [3.8, 4) is 5.75 Å². The average molecular weight is 389 g/mol. The Morgan fingerprint density at radius 2 is 1.96 bits per heavy atom. The molecule has 0 atom stereocenters. The first kappa shape index (κ1) is 18.3. The lowest BCUT2D eigenvalue weighted by Gasteiger charge is -2.04. The molecule has 1 amide bonds. The molecule has 0 saturated carbocycles. The molecule has 0 aliphatic carbocycles. The molecule has 0 saturated heterocycles. The molecule has 134 valence electrons. The highest BCUT2D eigenvalue weighted by Crippen LogP contribution is 2.29. The van der Waals surface area contributed by atoms with E-state index < -0.39 is 0 Å². The molecule has 1 heterocycles. The van der Waals surface area contributed by atoms with Gasteiger partial charge in [-0.15, -0.1) is 10.2 Å². The molecule has 1 aromatic heterocycles. The third-order valence-electron chi connectivity index (χ3n) is 3.36. The Labute approximate surface area is 158 Å². The van der Waals surface area contributed by atoms with E-state index in [9.17, 15) is 9.18 Å². The predicted octanol–water partition coefficient (Wildman–Crippen LogP) is 4.62. The van der Waals surface area contributed by atoms with Crippen molar-refractivity contribution in [1.29, 1.82) is 0 Å². The fourth-order valence-electron chi connectivity index (χ4n) is 2.11. The molecule has 8 heteroatoms. The van der Waals surface area contributed by atoms with Crippen molar-refractivity contribution >= 4 is 34.1 Å². The van der Waals surface area contributed by atoms with Gasteiger partial charge < -0.3 is 4.74 Å². The van der Waals surface area contributed by atoms with Gasteiger partial charge in [-0.25, -0.2) is 4.39 Å². The number of amides is 1. The van der Waals surface area contributed by atoms with Gasteiger partial charge in [-0.3, -0.25) is 10.1 Å². The van der Waals surface area contributed by atoms with Crippen LogP contribution in [0, 0.1) is 5.82 Å². The minimum absolute atomic E-state index is 0.242. The number of ether oxygens (including phenoxy) is 1. The van der Waals surface area contributed by atoms with E-state index in [2.05, 4.69) is 15.5 Å². The largest absolute Gasteiger partial charge is 0.494 e. The predicted molar refractivity (Wildman–Crippen MR) is 101 cm³/mol. The van der Waals surface area contributed by atoms with E-state index in [4.69, 9.17) is 4.74 Å². The van der Waals surface area contributed by atoms with Crippen molar-refractivity contribution in [2.24, 2.45) is 0 Å². The Bertz CT molecular complexity index is 884. The first-order valence-corrected chi connectivity index (χ1v) is 9.70. The van der Waals surface area contributed by atoms with Crippen LogP contribution in [0.5, 0.6) is 5.75 Å². The quantitative estimate of drug-likeness (QED) is 0.472. The van der Waals surface area contributed by atoms with Crippen molar-refractivity contribution in [2.75, 3.05) is 11.9 Å². The Morgan fingerprint density at radius 1 is 1.19 bits per heavy atom. The molecule has 0 unspecified atom stereocenters. The van der Waals surface area contributed by atoms with Crippen molar-refractivity contribution in [3.63, 3.8) is 0 Å². The standard InChI is InChI=1S/C18H16FN3O2S2/c1-2-24-14-9-7-12(8-10-14)16(23)20-17-21-22-18(26-17)25-11-13-5-3-4-6-15(13)19/h3-10H,2,11H2,1H3,(H,20,21,23). The molecule has 1 N–H and O–H groups in total. The van der Waals surface area contributed by atoms with Gasteiger partial charge in [0, 0.05) is 11.3 Å².